The zero-order valence-electron chi connectivity index (χ0n) is 12.2. The Labute approximate surface area is 120 Å². The van der Waals surface area contributed by atoms with Crippen LogP contribution in [0.4, 0.5) is 4.79 Å². The van der Waals surface area contributed by atoms with Gasteiger partial charge in [0.05, 0.1) is 13.2 Å². The highest BCUT2D eigenvalue weighted by Crippen LogP contribution is 2.27. The van der Waals surface area contributed by atoms with Gasteiger partial charge in [0.15, 0.2) is 0 Å². The highest BCUT2D eigenvalue weighted by atomic mass is 16.6. The summed E-state index contributed by atoms with van der Waals surface area (Å²) in [6.07, 6.45) is 3.94. The summed E-state index contributed by atoms with van der Waals surface area (Å²) in [7, 11) is 0. The fraction of sp³-hybridized carbons (Fsp3) is 0.857. The fourth-order valence-electron chi connectivity index (χ4n) is 2.41. The van der Waals surface area contributed by atoms with E-state index in [4.69, 9.17) is 4.74 Å². The summed E-state index contributed by atoms with van der Waals surface area (Å²) < 4.78 is 4.97. The highest BCUT2D eigenvalue weighted by molar-refractivity contribution is 5.78. The molecule has 2 amide bonds. The van der Waals surface area contributed by atoms with Crippen LogP contribution in [0.15, 0.2) is 0 Å². The summed E-state index contributed by atoms with van der Waals surface area (Å²) in [6.45, 7) is 4.86. The summed E-state index contributed by atoms with van der Waals surface area (Å²) in [5.74, 6) is 0.843. The minimum absolute atomic E-state index is 0.0558. The molecule has 0 aromatic heterocycles. The molecular formula is C14H25N3O3. The number of nitrogens with zero attached hydrogens (tertiary/aromatic N) is 1. The minimum Gasteiger partial charge on any atom is -0.450 e. The smallest absolute Gasteiger partial charge is 0.409 e. The summed E-state index contributed by atoms with van der Waals surface area (Å²) in [5.41, 5.74) is 0. The molecule has 0 spiro atoms. The molecule has 2 aliphatic rings. The van der Waals surface area contributed by atoms with Crippen LogP contribution in [0, 0.1) is 5.92 Å². The third-order valence-corrected chi connectivity index (χ3v) is 3.80. The molecule has 0 radical (unpaired) electrons. The maximum atomic E-state index is 11.8. The van der Waals surface area contributed by atoms with Gasteiger partial charge in [0.2, 0.25) is 5.91 Å². The van der Waals surface area contributed by atoms with Crippen LogP contribution < -0.4 is 10.6 Å². The van der Waals surface area contributed by atoms with Gasteiger partial charge in [-0.15, -0.1) is 0 Å². The van der Waals surface area contributed by atoms with Crippen LogP contribution in [-0.2, 0) is 9.53 Å². The van der Waals surface area contributed by atoms with Gasteiger partial charge in [0.25, 0.3) is 0 Å². The van der Waals surface area contributed by atoms with Crippen molar-refractivity contribution < 1.29 is 14.3 Å². The van der Waals surface area contributed by atoms with Crippen molar-refractivity contribution in [1.29, 1.82) is 0 Å². The molecule has 0 atom stereocenters. The van der Waals surface area contributed by atoms with Crippen LogP contribution in [0.25, 0.3) is 0 Å². The van der Waals surface area contributed by atoms with E-state index in [1.165, 1.54) is 12.8 Å². The minimum atomic E-state index is -0.247. The van der Waals surface area contributed by atoms with Gasteiger partial charge in [-0.2, -0.15) is 0 Å². The SMILES string of the molecule is CCOC(=O)N1CCC(NC(=O)CNCC2CC2)CC1. The maximum Gasteiger partial charge on any atom is 0.409 e. The van der Waals surface area contributed by atoms with Gasteiger partial charge in [-0.3, -0.25) is 4.79 Å². The van der Waals surface area contributed by atoms with Crippen molar-refractivity contribution in [2.75, 3.05) is 32.8 Å². The number of piperidine rings is 1. The molecule has 2 rings (SSSR count). The van der Waals surface area contributed by atoms with Gasteiger partial charge in [-0.25, -0.2) is 4.79 Å². The number of likely N-dealkylation sites (tertiary alicyclic amines) is 1. The molecule has 1 aliphatic carbocycles. The van der Waals surface area contributed by atoms with Gasteiger partial charge in [0, 0.05) is 19.1 Å². The van der Waals surface area contributed by atoms with Gasteiger partial charge in [0.1, 0.15) is 0 Å². The number of amides is 2. The molecule has 0 bridgehead atoms. The number of hydrogen-bond donors (Lipinski definition) is 2. The van der Waals surface area contributed by atoms with E-state index in [1.54, 1.807) is 11.8 Å². The van der Waals surface area contributed by atoms with E-state index in [9.17, 15) is 9.59 Å². The average molecular weight is 283 g/mol. The van der Waals surface area contributed by atoms with Crippen LogP contribution >= 0.6 is 0 Å². The van der Waals surface area contributed by atoms with Crippen molar-refractivity contribution in [2.45, 2.75) is 38.6 Å². The lowest BCUT2D eigenvalue weighted by atomic mass is 10.1. The van der Waals surface area contributed by atoms with Crippen molar-refractivity contribution in [2.24, 2.45) is 5.92 Å². The van der Waals surface area contributed by atoms with Crippen LogP contribution in [0.1, 0.15) is 32.6 Å². The topological polar surface area (TPSA) is 70.7 Å². The Morgan fingerprint density at radius 2 is 1.90 bits per heavy atom. The second kappa shape index (κ2) is 7.47. The standard InChI is InChI=1S/C14H25N3O3/c1-2-20-14(19)17-7-5-12(6-8-17)16-13(18)10-15-9-11-3-4-11/h11-12,15H,2-10H2,1H3,(H,16,18). The Morgan fingerprint density at radius 3 is 2.50 bits per heavy atom. The Hall–Kier alpha value is -1.30. The number of nitrogens with one attached hydrogen (secondary N) is 2. The van der Waals surface area contributed by atoms with Crippen LogP contribution in [0.5, 0.6) is 0 Å². The molecule has 0 unspecified atom stereocenters. The molecule has 1 heterocycles. The van der Waals surface area contributed by atoms with E-state index >= 15 is 0 Å². The molecule has 1 saturated heterocycles. The largest absolute Gasteiger partial charge is 0.450 e. The molecule has 6 heteroatoms. The number of carbonyl (C=O) groups is 2. The maximum absolute atomic E-state index is 11.8. The molecule has 1 saturated carbocycles. The molecular weight excluding hydrogens is 258 g/mol. The lowest BCUT2D eigenvalue weighted by Gasteiger charge is -2.31. The quantitative estimate of drug-likeness (QED) is 0.753. The number of hydrogen-bond acceptors (Lipinski definition) is 4. The van der Waals surface area contributed by atoms with E-state index in [-0.39, 0.29) is 18.0 Å². The second-order valence-electron chi connectivity index (χ2n) is 5.60. The first-order chi connectivity index (χ1) is 9.69. The number of rotatable bonds is 6. The summed E-state index contributed by atoms with van der Waals surface area (Å²) in [5, 5.41) is 6.21. The van der Waals surface area contributed by atoms with Crippen LogP contribution in [0.3, 0.4) is 0 Å². The van der Waals surface area contributed by atoms with Crippen molar-refractivity contribution in [3.8, 4) is 0 Å². The van der Waals surface area contributed by atoms with Gasteiger partial charge in [-0.05, 0) is 45.1 Å². The molecule has 1 aliphatic heterocycles. The van der Waals surface area contributed by atoms with Crippen molar-refractivity contribution >= 4 is 12.0 Å². The molecule has 114 valence electrons. The zero-order chi connectivity index (χ0) is 14.4. The molecule has 0 aromatic carbocycles. The second-order valence-corrected chi connectivity index (χ2v) is 5.60. The Kier molecular flexibility index (Phi) is 5.64. The third-order valence-electron chi connectivity index (χ3n) is 3.80. The average Bonchev–Trinajstić information content (AvgIpc) is 3.24. The molecule has 2 N–H and O–H groups in total. The third kappa shape index (κ3) is 5.00. The molecule has 2 fully saturated rings. The van der Waals surface area contributed by atoms with Gasteiger partial charge in [-0.1, -0.05) is 0 Å². The lowest BCUT2D eigenvalue weighted by Crippen LogP contribution is -2.48. The van der Waals surface area contributed by atoms with E-state index < -0.39 is 0 Å². The summed E-state index contributed by atoms with van der Waals surface area (Å²) in [4.78, 5) is 25.0. The normalized spacial score (nSPS) is 19.8. The Balaban J connectivity index is 1.58. The van der Waals surface area contributed by atoms with Crippen LogP contribution in [-0.4, -0.2) is 55.7 Å². The number of carbonyl (C=O) groups excluding carboxylic acids is 2. The van der Waals surface area contributed by atoms with Crippen molar-refractivity contribution in [3.63, 3.8) is 0 Å². The Bertz CT molecular complexity index is 337. The zero-order valence-corrected chi connectivity index (χ0v) is 12.2. The predicted molar refractivity (Wildman–Crippen MR) is 75.4 cm³/mol. The van der Waals surface area contributed by atoms with Gasteiger partial charge >= 0.3 is 6.09 Å². The van der Waals surface area contributed by atoms with E-state index in [0.29, 0.717) is 26.2 Å². The van der Waals surface area contributed by atoms with Crippen molar-refractivity contribution in [1.82, 2.24) is 15.5 Å². The first-order valence-electron chi connectivity index (χ1n) is 7.60. The van der Waals surface area contributed by atoms with E-state index in [2.05, 4.69) is 10.6 Å². The van der Waals surface area contributed by atoms with Crippen molar-refractivity contribution in [3.05, 3.63) is 0 Å². The van der Waals surface area contributed by atoms with E-state index in [0.717, 1.165) is 25.3 Å². The van der Waals surface area contributed by atoms with Gasteiger partial charge < -0.3 is 20.3 Å². The lowest BCUT2D eigenvalue weighted by molar-refractivity contribution is -0.121. The summed E-state index contributed by atoms with van der Waals surface area (Å²) in [6, 6.07) is 0.177. The van der Waals surface area contributed by atoms with Crippen LogP contribution in [0.2, 0.25) is 0 Å². The fourth-order valence-corrected chi connectivity index (χ4v) is 2.41. The predicted octanol–water partition coefficient (Wildman–Crippen LogP) is 0.723. The summed E-state index contributed by atoms with van der Waals surface area (Å²) >= 11 is 0. The molecule has 6 nitrogen and oxygen atoms in total. The highest BCUT2D eigenvalue weighted by Gasteiger charge is 2.25. The first-order valence-corrected chi connectivity index (χ1v) is 7.60. The Morgan fingerprint density at radius 1 is 1.20 bits per heavy atom. The molecule has 20 heavy (non-hydrogen) atoms. The first kappa shape index (κ1) is 15.1. The van der Waals surface area contributed by atoms with E-state index in [1.807, 2.05) is 0 Å². The molecule has 0 aromatic rings. The monoisotopic (exact) mass is 283 g/mol. The number of ether oxygens (including phenoxy) is 1.